The first-order valence-corrected chi connectivity index (χ1v) is 15.5. The van der Waals surface area contributed by atoms with E-state index in [0.29, 0.717) is 22.5 Å². The molecule has 5 rings (SSSR count). The van der Waals surface area contributed by atoms with E-state index >= 15 is 0 Å². The second-order valence-electron chi connectivity index (χ2n) is 9.79. The van der Waals surface area contributed by atoms with Gasteiger partial charge in [0.1, 0.15) is 16.8 Å². The van der Waals surface area contributed by atoms with Gasteiger partial charge < -0.3 is 16.0 Å². The Bertz CT molecular complexity index is 1830. The molecule has 224 valence electrons. The Hall–Kier alpha value is -4.99. The molecule has 9 heteroatoms. The van der Waals surface area contributed by atoms with Gasteiger partial charge in [-0.2, -0.15) is 0 Å². The third kappa shape index (κ3) is 8.78. The average molecular weight is 681 g/mol. The zero-order chi connectivity index (χ0) is 31.6. The summed E-state index contributed by atoms with van der Waals surface area (Å²) in [5, 5.41) is 7.93. The van der Waals surface area contributed by atoms with Crippen LogP contribution in [0.15, 0.2) is 149 Å². The minimum atomic E-state index is -0.594. The van der Waals surface area contributed by atoms with Crippen molar-refractivity contribution in [2.24, 2.45) is 0 Å². The quantitative estimate of drug-likeness (QED) is 0.102. The lowest BCUT2D eigenvalue weighted by Crippen LogP contribution is -2.30. The molecule has 5 aromatic carbocycles. The van der Waals surface area contributed by atoms with Gasteiger partial charge in [-0.25, -0.2) is 4.39 Å². The molecule has 0 aromatic heterocycles. The van der Waals surface area contributed by atoms with Crippen molar-refractivity contribution in [3.05, 3.63) is 166 Å². The van der Waals surface area contributed by atoms with Crippen molar-refractivity contribution >= 4 is 62.9 Å². The molecule has 0 aliphatic heterocycles. The van der Waals surface area contributed by atoms with Gasteiger partial charge in [-0.1, -0.05) is 78.9 Å². The zero-order valence-electron chi connectivity index (χ0n) is 23.7. The van der Waals surface area contributed by atoms with Gasteiger partial charge >= 0.3 is 0 Å². The molecular formula is C36H27BrFN3O3S. The molecule has 0 radical (unpaired) electrons. The Labute approximate surface area is 272 Å². The smallest absolute Gasteiger partial charge is 0.272 e. The second kappa shape index (κ2) is 15.1. The van der Waals surface area contributed by atoms with E-state index in [1.165, 1.54) is 42.1 Å². The largest absolute Gasteiger partial charge is 0.324 e. The highest BCUT2D eigenvalue weighted by Gasteiger charge is 2.23. The molecule has 0 saturated carbocycles. The Balaban J connectivity index is 1.37. The lowest BCUT2D eigenvalue weighted by atomic mass is 10.1. The number of benzene rings is 5. The number of rotatable bonds is 10. The molecule has 3 N–H and O–H groups in total. The minimum absolute atomic E-state index is 0.0245. The van der Waals surface area contributed by atoms with Crippen LogP contribution < -0.4 is 16.0 Å². The molecule has 1 atom stereocenters. The monoisotopic (exact) mass is 679 g/mol. The van der Waals surface area contributed by atoms with Crippen molar-refractivity contribution in [3.8, 4) is 0 Å². The minimum Gasteiger partial charge on any atom is -0.324 e. The topological polar surface area (TPSA) is 87.3 Å². The maximum absolute atomic E-state index is 13.5. The fourth-order valence-electron chi connectivity index (χ4n) is 4.31. The fourth-order valence-corrected chi connectivity index (χ4v) is 5.78. The molecule has 0 spiro atoms. The lowest BCUT2D eigenvalue weighted by molar-refractivity contribution is -0.116. The van der Waals surface area contributed by atoms with Crippen molar-refractivity contribution in [1.82, 2.24) is 5.32 Å². The highest BCUT2D eigenvalue weighted by Crippen LogP contribution is 2.37. The van der Waals surface area contributed by atoms with Crippen molar-refractivity contribution in [1.29, 1.82) is 0 Å². The summed E-state index contributed by atoms with van der Waals surface area (Å²) < 4.78 is 14.3. The van der Waals surface area contributed by atoms with Crippen LogP contribution in [0, 0.1) is 5.82 Å². The fraction of sp³-hybridized carbons (Fsp3) is 0.0278. The number of para-hydroxylation sites is 1. The number of carbonyl (C=O) groups excluding carboxylic acids is 3. The normalized spacial score (nSPS) is 11.7. The van der Waals surface area contributed by atoms with Crippen molar-refractivity contribution in [2.45, 2.75) is 10.1 Å². The highest BCUT2D eigenvalue weighted by atomic mass is 79.9. The number of amides is 3. The third-order valence-corrected chi connectivity index (χ3v) is 8.47. The third-order valence-electron chi connectivity index (χ3n) is 6.53. The van der Waals surface area contributed by atoms with E-state index in [-0.39, 0.29) is 11.6 Å². The molecule has 0 aliphatic carbocycles. The summed E-state index contributed by atoms with van der Waals surface area (Å²) in [6, 6.07) is 38.0. The number of halogens is 2. The maximum atomic E-state index is 13.5. The zero-order valence-corrected chi connectivity index (χ0v) is 26.1. The van der Waals surface area contributed by atoms with Crippen LogP contribution in [0.3, 0.4) is 0 Å². The first-order chi connectivity index (χ1) is 21.9. The van der Waals surface area contributed by atoms with Crippen LogP contribution in [0.4, 0.5) is 15.8 Å². The molecule has 0 aliphatic rings. The molecule has 6 nitrogen and oxygen atoms in total. The molecule has 3 amide bonds. The average Bonchev–Trinajstić information content (AvgIpc) is 3.06. The maximum Gasteiger partial charge on any atom is 0.272 e. The molecule has 0 fully saturated rings. The Morgan fingerprint density at radius 3 is 2.11 bits per heavy atom. The summed E-state index contributed by atoms with van der Waals surface area (Å²) in [7, 11) is 0. The molecule has 0 saturated heterocycles. The SMILES string of the molecule is O=C(Nc1cccc(SC(C(=O)Nc2ccccc2Br)c2ccccc2)c1)/C(=C/c1ccc(F)cc1)NC(=O)c1ccccc1. The second-order valence-corrected chi connectivity index (χ2v) is 11.8. The molecular weight excluding hydrogens is 653 g/mol. The van der Waals surface area contributed by atoms with Gasteiger partial charge in [0, 0.05) is 20.6 Å². The van der Waals surface area contributed by atoms with Gasteiger partial charge in [-0.15, -0.1) is 11.8 Å². The Morgan fingerprint density at radius 1 is 0.733 bits per heavy atom. The molecule has 0 heterocycles. The predicted octanol–water partition coefficient (Wildman–Crippen LogP) is 8.47. The number of hydrogen-bond acceptors (Lipinski definition) is 4. The molecule has 1 unspecified atom stereocenters. The number of thioether (sulfide) groups is 1. The van der Waals surface area contributed by atoms with E-state index in [4.69, 9.17) is 0 Å². The van der Waals surface area contributed by atoms with Crippen LogP contribution in [0.5, 0.6) is 0 Å². The summed E-state index contributed by atoms with van der Waals surface area (Å²) in [5.74, 6) is -1.66. The van der Waals surface area contributed by atoms with Crippen LogP contribution in [-0.2, 0) is 9.59 Å². The summed E-state index contributed by atoms with van der Waals surface area (Å²) in [6.45, 7) is 0. The van der Waals surface area contributed by atoms with E-state index in [2.05, 4.69) is 31.9 Å². The summed E-state index contributed by atoms with van der Waals surface area (Å²) in [4.78, 5) is 40.7. The standard InChI is InChI=1S/C36H27BrFN3O3S/c37-30-16-7-8-17-31(30)40-36(44)33(25-10-3-1-4-11-25)45-29-15-9-14-28(23-29)39-35(43)32(22-24-18-20-27(38)21-19-24)41-34(42)26-12-5-2-6-13-26/h1-23,33H,(H,39,43)(H,40,44)(H,41,42)/b32-22-. The van der Waals surface area contributed by atoms with Gasteiger partial charge in [-0.3, -0.25) is 14.4 Å². The van der Waals surface area contributed by atoms with E-state index < -0.39 is 22.9 Å². The Morgan fingerprint density at radius 2 is 1.40 bits per heavy atom. The summed E-state index contributed by atoms with van der Waals surface area (Å²) >= 11 is 4.82. The van der Waals surface area contributed by atoms with E-state index in [1.54, 1.807) is 48.5 Å². The number of carbonyl (C=O) groups is 3. The van der Waals surface area contributed by atoms with Gasteiger partial charge in [0.15, 0.2) is 0 Å². The van der Waals surface area contributed by atoms with Crippen molar-refractivity contribution in [2.75, 3.05) is 10.6 Å². The van der Waals surface area contributed by atoms with Crippen LogP contribution in [0.1, 0.15) is 26.7 Å². The van der Waals surface area contributed by atoms with Gasteiger partial charge in [0.25, 0.3) is 11.8 Å². The molecule has 5 aromatic rings. The predicted molar refractivity (Wildman–Crippen MR) is 181 cm³/mol. The first-order valence-electron chi connectivity index (χ1n) is 13.9. The van der Waals surface area contributed by atoms with E-state index in [1.807, 2.05) is 60.7 Å². The van der Waals surface area contributed by atoms with Crippen molar-refractivity contribution < 1.29 is 18.8 Å². The van der Waals surface area contributed by atoms with Crippen LogP contribution in [-0.4, -0.2) is 17.7 Å². The van der Waals surface area contributed by atoms with E-state index in [0.717, 1.165) is 14.9 Å². The molecule has 0 bridgehead atoms. The van der Waals surface area contributed by atoms with Crippen LogP contribution in [0.25, 0.3) is 6.08 Å². The summed E-state index contributed by atoms with van der Waals surface area (Å²) in [5.41, 5.74) is 2.81. The Kier molecular flexibility index (Phi) is 10.6. The van der Waals surface area contributed by atoms with Gasteiger partial charge in [0.05, 0.1) is 5.69 Å². The highest BCUT2D eigenvalue weighted by molar-refractivity contribution is 9.10. The molecule has 45 heavy (non-hydrogen) atoms. The van der Waals surface area contributed by atoms with Crippen LogP contribution >= 0.6 is 27.7 Å². The van der Waals surface area contributed by atoms with Crippen molar-refractivity contribution in [3.63, 3.8) is 0 Å². The number of nitrogens with one attached hydrogen (secondary N) is 3. The lowest BCUT2D eigenvalue weighted by Gasteiger charge is -2.18. The number of hydrogen-bond donors (Lipinski definition) is 3. The van der Waals surface area contributed by atoms with Gasteiger partial charge in [-0.05, 0) is 87.7 Å². The van der Waals surface area contributed by atoms with Gasteiger partial charge in [0.2, 0.25) is 5.91 Å². The van der Waals surface area contributed by atoms with E-state index in [9.17, 15) is 18.8 Å². The summed E-state index contributed by atoms with van der Waals surface area (Å²) in [6.07, 6.45) is 1.48. The number of anilines is 2. The first kappa shape index (κ1) is 31.4. The van der Waals surface area contributed by atoms with Crippen LogP contribution in [0.2, 0.25) is 0 Å².